The molecule has 0 bridgehead atoms. The van der Waals surface area contributed by atoms with Gasteiger partial charge in [0.1, 0.15) is 5.75 Å². The maximum Gasteiger partial charge on any atom is 0.224 e. The van der Waals surface area contributed by atoms with Crippen molar-refractivity contribution in [3.8, 4) is 5.75 Å². The van der Waals surface area contributed by atoms with Gasteiger partial charge in [0.25, 0.3) is 0 Å². The molecule has 0 fully saturated rings. The number of hydrogen-bond acceptors (Lipinski definition) is 5. The molecule has 2 aromatic carbocycles. The fourth-order valence-corrected chi connectivity index (χ4v) is 3.97. The van der Waals surface area contributed by atoms with E-state index in [2.05, 4.69) is 10.3 Å². The molecule has 4 nitrogen and oxygen atoms in total. The van der Waals surface area contributed by atoms with Gasteiger partial charge in [-0.2, -0.15) is 0 Å². The summed E-state index contributed by atoms with van der Waals surface area (Å²) in [6.07, 6.45) is 1.03. The summed E-state index contributed by atoms with van der Waals surface area (Å²) < 4.78 is 5.16. The van der Waals surface area contributed by atoms with Gasteiger partial charge in [0.2, 0.25) is 5.91 Å². The molecule has 0 saturated heterocycles. The number of hydrogen-bond donors (Lipinski definition) is 1. The van der Waals surface area contributed by atoms with Gasteiger partial charge in [-0.3, -0.25) is 4.79 Å². The molecule has 0 aliphatic carbocycles. The van der Waals surface area contributed by atoms with Gasteiger partial charge in [0, 0.05) is 27.3 Å². The topological polar surface area (TPSA) is 51.2 Å². The third kappa shape index (κ3) is 5.24. The zero-order chi connectivity index (χ0) is 18.4. The number of methoxy groups -OCH3 is 1. The van der Waals surface area contributed by atoms with E-state index in [1.165, 1.54) is 11.3 Å². The average molecular weight is 405 g/mol. The van der Waals surface area contributed by atoms with Gasteiger partial charge in [-0.1, -0.05) is 23.4 Å². The van der Waals surface area contributed by atoms with Crippen LogP contribution in [0, 0.1) is 0 Å². The summed E-state index contributed by atoms with van der Waals surface area (Å²) in [6, 6.07) is 13.3. The standard InChI is InChI=1S/C19H17ClN2O2S2/c1-24-15-4-6-16(7-5-15)26-18-8-2-13(10-17(18)20)22-19(23)9-3-14-11-25-12-21-14/h2,4-8,10-12H,3,9H2,1H3,(H,22,23). The first-order chi connectivity index (χ1) is 12.6. The second-order valence-corrected chi connectivity index (χ2v) is 7.69. The normalized spacial score (nSPS) is 10.5. The van der Waals surface area contributed by atoms with Crippen LogP contribution < -0.4 is 10.1 Å². The number of amides is 1. The van der Waals surface area contributed by atoms with Crippen LogP contribution in [0.4, 0.5) is 5.69 Å². The molecule has 134 valence electrons. The van der Waals surface area contributed by atoms with Crippen LogP contribution in [0.1, 0.15) is 12.1 Å². The van der Waals surface area contributed by atoms with E-state index < -0.39 is 0 Å². The van der Waals surface area contributed by atoms with Crippen molar-refractivity contribution in [1.82, 2.24) is 4.98 Å². The molecule has 26 heavy (non-hydrogen) atoms. The molecule has 0 radical (unpaired) electrons. The number of nitrogens with zero attached hydrogens (tertiary/aromatic N) is 1. The van der Waals surface area contributed by atoms with Crippen molar-refractivity contribution in [2.45, 2.75) is 22.6 Å². The van der Waals surface area contributed by atoms with Gasteiger partial charge in [-0.25, -0.2) is 4.98 Å². The number of benzene rings is 2. The summed E-state index contributed by atoms with van der Waals surface area (Å²) in [5, 5.41) is 5.43. The van der Waals surface area contributed by atoms with E-state index in [1.807, 2.05) is 41.8 Å². The molecule has 0 aliphatic rings. The highest BCUT2D eigenvalue weighted by Crippen LogP contribution is 2.35. The van der Waals surface area contributed by atoms with E-state index in [0.717, 1.165) is 21.2 Å². The highest BCUT2D eigenvalue weighted by molar-refractivity contribution is 7.99. The zero-order valence-electron chi connectivity index (χ0n) is 14.1. The molecule has 3 rings (SSSR count). The molecular weight excluding hydrogens is 388 g/mol. The third-order valence-electron chi connectivity index (χ3n) is 3.59. The number of carbonyl (C=O) groups is 1. The van der Waals surface area contributed by atoms with Crippen LogP contribution in [-0.2, 0) is 11.2 Å². The Balaban J connectivity index is 1.58. The number of aromatic nitrogens is 1. The quantitative estimate of drug-likeness (QED) is 0.562. The lowest BCUT2D eigenvalue weighted by Crippen LogP contribution is -2.12. The Labute approximate surface area is 165 Å². The summed E-state index contributed by atoms with van der Waals surface area (Å²) in [7, 11) is 1.64. The molecule has 1 heterocycles. The van der Waals surface area contributed by atoms with Crippen LogP contribution >= 0.6 is 34.7 Å². The minimum absolute atomic E-state index is 0.0513. The molecule has 1 amide bonds. The number of anilines is 1. The van der Waals surface area contributed by atoms with Gasteiger partial charge in [-0.15, -0.1) is 11.3 Å². The van der Waals surface area contributed by atoms with E-state index in [-0.39, 0.29) is 5.91 Å². The van der Waals surface area contributed by atoms with Gasteiger partial charge in [0.05, 0.1) is 23.3 Å². The molecule has 7 heteroatoms. The number of nitrogens with one attached hydrogen (secondary N) is 1. The number of aryl methyl sites for hydroxylation is 1. The lowest BCUT2D eigenvalue weighted by molar-refractivity contribution is -0.116. The van der Waals surface area contributed by atoms with Crippen molar-refractivity contribution < 1.29 is 9.53 Å². The first-order valence-electron chi connectivity index (χ1n) is 7.92. The van der Waals surface area contributed by atoms with Crippen molar-refractivity contribution in [2.24, 2.45) is 0 Å². The van der Waals surface area contributed by atoms with Gasteiger partial charge >= 0.3 is 0 Å². The minimum Gasteiger partial charge on any atom is -0.497 e. The predicted molar refractivity (Wildman–Crippen MR) is 108 cm³/mol. The Morgan fingerprint density at radius 3 is 2.73 bits per heavy atom. The molecule has 0 unspecified atom stereocenters. The largest absolute Gasteiger partial charge is 0.497 e. The fraction of sp³-hybridized carbons (Fsp3) is 0.158. The molecule has 3 aromatic rings. The lowest BCUT2D eigenvalue weighted by Gasteiger charge is -2.09. The van der Waals surface area contributed by atoms with Crippen molar-refractivity contribution >= 4 is 46.3 Å². The van der Waals surface area contributed by atoms with E-state index in [1.54, 1.807) is 30.4 Å². The Morgan fingerprint density at radius 1 is 1.27 bits per heavy atom. The van der Waals surface area contributed by atoms with Crippen LogP contribution in [0.15, 0.2) is 63.1 Å². The van der Waals surface area contributed by atoms with Gasteiger partial charge in [-0.05, 0) is 48.9 Å². The first-order valence-corrected chi connectivity index (χ1v) is 10.1. The predicted octanol–water partition coefficient (Wildman–Crippen LogP) is 5.53. The maximum atomic E-state index is 12.1. The summed E-state index contributed by atoms with van der Waals surface area (Å²) in [5.74, 6) is 0.765. The van der Waals surface area contributed by atoms with Crippen LogP contribution in [0.25, 0.3) is 0 Å². The monoisotopic (exact) mass is 404 g/mol. The zero-order valence-corrected chi connectivity index (χ0v) is 16.5. The molecule has 0 aliphatic heterocycles. The fourth-order valence-electron chi connectivity index (χ4n) is 2.26. The highest BCUT2D eigenvalue weighted by atomic mass is 35.5. The van der Waals surface area contributed by atoms with Crippen LogP contribution in [-0.4, -0.2) is 18.0 Å². The van der Waals surface area contributed by atoms with Gasteiger partial charge in [0.15, 0.2) is 0 Å². The second-order valence-electron chi connectivity index (χ2n) is 5.45. The summed E-state index contributed by atoms with van der Waals surface area (Å²) in [6.45, 7) is 0. The number of thiazole rings is 1. The number of rotatable bonds is 7. The minimum atomic E-state index is -0.0513. The van der Waals surface area contributed by atoms with Crippen molar-refractivity contribution in [2.75, 3.05) is 12.4 Å². The summed E-state index contributed by atoms with van der Waals surface area (Å²) in [4.78, 5) is 18.2. The van der Waals surface area contributed by atoms with Crippen molar-refractivity contribution in [1.29, 1.82) is 0 Å². The number of ether oxygens (including phenoxy) is 1. The molecule has 1 N–H and O–H groups in total. The number of halogens is 1. The van der Waals surface area contributed by atoms with E-state index in [4.69, 9.17) is 16.3 Å². The van der Waals surface area contributed by atoms with Crippen LogP contribution in [0.2, 0.25) is 5.02 Å². The lowest BCUT2D eigenvalue weighted by atomic mass is 10.2. The summed E-state index contributed by atoms with van der Waals surface area (Å²) >= 11 is 9.47. The Bertz CT molecular complexity index is 868. The number of carbonyl (C=O) groups excluding carboxylic acids is 1. The third-order valence-corrected chi connectivity index (χ3v) is 5.74. The SMILES string of the molecule is COc1ccc(Sc2ccc(NC(=O)CCc3cscn3)cc2Cl)cc1. The Hall–Kier alpha value is -2.02. The molecule has 1 aromatic heterocycles. The van der Waals surface area contributed by atoms with E-state index in [0.29, 0.717) is 23.6 Å². The van der Waals surface area contributed by atoms with Crippen molar-refractivity contribution in [3.63, 3.8) is 0 Å². The molecular formula is C19H17ClN2O2S2. The Kier molecular flexibility index (Phi) is 6.55. The van der Waals surface area contributed by atoms with E-state index >= 15 is 0 Å². The molecule has 0 spiro atoms. The van der Waals surface area contributed by atoms with Crippen LogP contribution in [0.3, 0.4) is 0 Å². The van der Waals surface area contributed by atoms with Crippen LogP contribution in [0.5, 0.6) is 5.75 Å². The maximum absolute atomic E-state index is 12.1. The summed E-state index contributed by atoms with van der Waals surface area (Å²) in [5.41, 5.74) is 3.40. The molecule has 0 saturated carbocycles. The second kappa shape index (κ2) is 9.07. The molecule has 0 atom stereocenters. The van der Waals surface area contributed by atoms with Gasteiger partial charge < -0.3 is 10.1 Å². The average Bonchev–Trinajstić information content (AvgIpc) is 3.16. The van der Waals surface area contributed by atoms with E-state index in [9.17, 15) is 4.79 Å². The smallest absolute Gasteiger partial charge is 0.224 e. The highest BCUT2D eigenvalue weighted by Gasteiger charge is 2.08. The first kappa shape index (κ1) is 18.8. The Morgan fingerprint density at radius 2 is 2.08 bits per heavy atom. The van der Waals surface area contributed by atoms with Crippen molar-refractivity contribution in [3.05, 3.63) is 64.1 Å².